The molecule has 0 aromatic heterocycles. The number of sulfonamides is 1. The molecule has 0 radical (unpaired) electrons. The van der Waals surface area contributed by atoms with Crippen LogP contribution in [0.5, 0.6) is 0 Å². The molecule has 1 atom stereocenters. The number of nitrogens with one attached hydrogen (secondary N) is 1. The van der Waals surface area contributed by atoms with E-state index < -0.39 is 10.0 Å². The Bertz CT molecular complexity index is 540. The topological polar surface area (TPSA) is 58.5 Å². The Morgan fingerprint density at radius 2 is 2.12 bits per heavy atom. The Labute approximate surface area is 103 Å². The fraction of sp³-hybridized carbons (Fsp3) is 0.300. The molecule has 1 heterocycles. The van der Waals surface area contributed by atoms with E-state index >= 15 is 0 Å². The molecule has 2 rings (SSSR count). The van der Waals surface area contributed by atoms with Crippen LogP contribution >= 0.6 is 15.9 Å². The fourth-order valence-corrected chi connectivity index (χ4v) is 2.99. The van der Waals surface area contributed by atoms with Gasteiger partial charge in [0.05, 0.1) is 10.5 Å². The SMILES string of the molecule is CC[C@H](Br)C1=NS(=O)(=O)c2ccccc2N1. The first-order valence-corrected chi connectivity index (χ1v) is 7.25. The Morgan fingerprint density at radius 3 is 2.81 bits per heavy atom. The number of anilines is 1. The van der Waals surface area contributed by atoms with E-state index in [0.717, 1.165) is 6.42 Å². The average molecular weight is 303 g/mol. The second kappa shape index (κ2) is 4.18. The van der Waals surface area contributed by atoms with Crippen LogP contribution in [0.1, 0.15) is 13.3 Å². The molecule has 0 aliphatic carbocycles. The van der Waals surface area contributed by atoms with Gasteiger partial charge in [-0.25, -0.2) is 0 Å². The Kier molecular flexibility index (Phi) is 3.03. The van der Waals surface area contributed by atoms with Crippen LogP contribution in [0.4, 0.5) is 5.69 Å². The standard InChI is InChI=1S/C10H11BrN2O2S/c1-2-7(11)10-12-8-5-3-4-6-9(8)16(14,15)13-10/h3-7H,2H2,1H3,(H,12,13)/t7-/m0/s1. The molecule has 1 aromatic carbocycles. The quantitative estimate of drug-likeness (QED) is 0.853. The maximum atomic E-state index is 11.9. The Balaban J connectivity index is 2.52. The van der Waals surface area contributed by atoms with E-state index in [9.17, 15) is 8.42 Å². The summed E-state index contributed by atoms with van der Waals surface area (Å²) in [6, 6.07) is 6.76. The smallest absolute Gasteiger partial charge is 0.286 e. The van der Waals surface area contributed by atoms with Gasteiger partial charge in [0.2, 0.25) is 0 Å². The molecule has 0 unspecified atom stereocenters. The molecule has 1 aliphatic rings. The van der Waals surface area contributed by atoms with Crippen molar-refractivity contribution in [2.24, 2.45) is 4.40 Å². The fourth-order valence-electron chi connectivity index (χ4n) is 1.46. The van der Waals surface area contributed by atoms with E-state index in [0.29, 0.717) is 11.5 Å². The van der Waals surface area contributed by atoms with E-state index in [2.05, 4.69) is 25.6 Å². The van der Waals surface area contributed by atoms with Gasteiger partial charge in [-0.2, -0.15) is 8.42 Å². The van der Waals surface area contributed by atoms with Gasteiger partial charge in [-0.1, -0.05) is 35.0 Å². The van der Waals surface area contributed by atoms with Crippen LogP contribution in [0.3, 0.4) is 0 Å². The number of para-hydroxylation sites is 1. The molecule has 4 nitrogen and oxygen atoms in total. The van der Waals surface area contributed by atoms with Crippen LogP contribution in [-0.4, -0.2) is 19.1 Å². The molecule has 0 saturated carbocycles. The molecule has 0 saturated heterocycles. The molecular weight excluding hydrogens is 292 g/mol. The first kappa shape index (κ1) is 11.6. The number of benzene rings is 1. The van der Waals surface area contributed by atoms with Gasteiger partial charge in [-0.05, 0) is 18.6 Å². The number of rotatable bonds is 2. The summed E-state index contributed by atoms with van der Waals surface area (Å²) in [5.41, 5.74) is 0.588. The lowest BCUT2D eigenvalue weighted by Gasteiger charge is -2.20. The van der Waals surface area contributed by atoms with Crippen LogP contribution in [0.2, 0.25) is 0 Å². The molecule has 0 bridgehead atoms. The van der Waals surface area contributed by atoms with Crippen molar-refractivity contribution < 1.29 is 8.42 Å². The van der Waals surface area contributed by atoms with Gasteiger partial charge in [-0.15, -0.1) is 4.40 Å². The molecule has 1 N–H and O–H groups in total. The van der Waals surface area contributed by atoms with Crippen LogP contribution in [0.15, 0.2) is 33.6 Å². The molecule has 6 heteroatoms. The van der Waals surface area contributed by atoms with Gasteiger partial charge in [0.25, 0.3) is 10.0 Å². The average Bonchev–Trinajstić information content (AvgIpc) is 2.27. The minimum Gasteiger partial charge on any atom is -0.341 e. The summed E-state index contributed by atoms with van der Waals surface area (Å²) in [6.45, 7) is 1.96. The van der Waals surface area contributed by atoms with Crippen molar-refractivity contribution in [2.75, 3.05) is 5.32 Å². The minimum atomic E-state index is -3.55. The first-order chi connectivity index (χ1) is 7.54. The van der Waals surface area contributed by atoms with Crippen molar-refractivity contribution in [3.05, 3.63) is 24.3 Å². The highest BCUT2D eigenvalue weighted by atomic mass is 79.9. The highest BCUT2D eigenvalue weighted by Crippen LogP contribution is 2.28. The van der Waals surface area contributed by atoms with Gasteiger partial charge in [-0.3, -0.25) is 0 Å². The van der Waals surface area contributed by atoms with Crippen molar-refractivity contribution in [3.8, 4) is 0 Å². The summed E-state index contributed by atoms with van der Waals surface area (Å²) in [4.78, 5) is 0.158. The number of halogens is 1. The second-order valence-electron chi connectivity index (χ2n) is 3.45. The van der Waals surface area contributed by atoms with Crippen molar-refractivity contribution in [3.63, 3.8) is 0 Å². The summed E-state index contributed by atoms with van der Waals surface area (Å²) in [5.74, 6) is 0.446. The highest BCUT2D eigenvalue weighted by molar-refractivity contribution is 9.10. The third kappa shape index (κ3) is 1.99. The van der Waals surface area contributed by atoms with Crippen LogP contribution in [0, 0.1) is 0 Å². The van der Waals surface area contributed by atoms with E-state index in [-0.39, 0.29) is 9.72 Å². The third-order valence-electron chi connectivity index (χ3n) is 2.30. The zero-order valence-corrected chi connectivity index (χ0v) is 11.0. The molecule has 0 fully saturated rings. The predicted octanol–water partition coefficient (Wildman–Crippen LogP) is 2.37. The molecule has 86 valence electrons. The maximum absolute atomic E-state index is 11.9. The molecule has 1 aromatic rings. The van der Waals surface area contributed by atoms with Crippen LogP contribution in [-0.2, 0) is 10.0 Å². The molecule has 0 amide bonds. The number of alkyl halides is 1. The first-order valence-electron chi connectivity index (χ1n) is 4.89. The number of hydrogen-bond donors (Lipinski definition) is 1. The van der Waals surface area contributed by atoms with Gasteiger partial charge in [0.15, 0.2) is 0 Å². The summed E-state index contributed by atoms with van der Waals surface area (Å²) < 4.78 is 27.5. The van der Waals surface area contributed by atoms with Crippen LogP contribution in [0.25, 0.3) is 0 Å². The lowest BCUT2D eigenvalue weighted by atomic mass is 10.2. The molecule has 0 spiro atoms. The maximum Gasteiger partial charge on any atom is 0.286 e. The normalized spacial score (nSPS) is 19.2. The molecule has 1 aliphatic heterocycles. The highest BCUT2D eigenvalue weighted by Gasteiger charge is 2.26. The van der Waals surface area contributed by atoms with E-state index in [1.54, 1.807) is 24.3 Å². The monoisotopic (exact) mass is 302 g/mol. The van der Waals surface area contributed by atoms with Crippen molar-refractivity contribution in [1.82, 2.24) is 0 Å². The summed E-state index contributed by atoms with van der Waals surface area (Å²) >= 11 is 3.38. The zero-order chi connectivity index (χ0) is 11.8. The second-order valence-corrected chi connectivity index (χ2v) is 6.13. The lowest BCUT2D eigenvalue weighted by Crippen LogP contribution is -2.28. The molecule has 16 heavy (non-hydrogen) atoms. The van der Waals surface area contributed by atoms with E-state index in [4.69, 9.17) is 0 Å². The lowest BCUT2D eigenvalue weighted by molar-refractivity contribution is 0.597. The largest absolute Gasteiger partial charge is 0.341 e. The predicted molar refractivity (Wildman–Crippen MR) is 67.7 cm³/mol. The summed E-state index contributed by atoms with van der Waals surface area (Å²) in [6.07, 6.45) is 0.767. The van der Waals surface area contributed by atoms with Gasteiger partial charge >= 0.3 is 0 Å². The zero-order valence-electron chi connectivity index (χ0n) is 8.64. The van der Waals surface area contributed by atoms with Crippen molar-refractivity contribution in [1.29, 1.82) is 0 Å². The van der Waals surface area contributed by atoms with Gasteiger partial charge < -0.3 is 5.32 Å². The van der Waals surface area contributed by atoms with Gasteiger partial charge in [0, 0.05) is 0 Å². The van der Waals surface area contributed by atoms with E-state index in [1.807, 2.05) is 6.92 Å². The van der Waals surface area contributed by atoms with E-state index in [1.165, 1.54) is 0 Å². The number of nitrogens with zero attached hydrogens (tertiary/aromatic N) is 1. The van der Waals surface area contributed by atoms with Crippen molar-refractivity contribution >= 4 is 37.5 Å². The van der Waals surface area contributed by atoms with Crippen LogP contribution < -0.4 is 5.32 Å². The number of hydrogen-bond acceptors (Lipinski definition) is 3. The number of amidine groups is 1. The number of fused-ring (bicyclic) bond motifs is 1. The Hall–Kier alpha value is -0.880. The molecular formula is C10H11BrN2O2S. The summed E-state index contributed by atoms with van der Waals surface area (Å²) in [7, 11) is -3.55. The van der Waals surface area contributed by atoms with Gasteiger partial charge in [0.1, 0.15) is 10.7 Å². The summed E-state index contributed by atoms with van der Waals surface area (Å²) in [5, 5.41) is 3.03. The Morgan fingerprint density at radius 1 is 1.44 bits per heavy atom. The third-order valence-corrected chi connectivity index (χ3v) is 4.73. The van der Waals surface area contributed by atoms with Crippen molar-refractivity contribution in [2.45, 2.75) is 23.1 Å². The minimum absolute atomic E-state index is 0.0735.